The number of hydrogen-bond acceptors (Lipinski definition) is 4. The molecule has 1 atom stereocenters. The van der Waals surface area contributed by atoms with E-state index in [1.807, 2.05) is 6.07 Å². The third kappa shape index (κ3) is 1.08. The van der Waals surface area contributed by atoms with Crippen molar-refractivity contribution in [3.8, 4) is 6.07 Å². The van der Waals surface area contributed by atoms with E-state index < -0.39 is 6.17 Å². The Labute approximate surface area is 58.5 Å². The van der Waals surface area contributed by atoms with E-state index in [9.17, 15) is 4.79 Å². The van der Waals surface area contributed by atoms with Crippen LogP contribution < -0.4 is 10.6 Å². The Morgan fingerprint density at radius 2 is 2.60 bits per heavy atom. The number of carbonyl (C=O) groups excluding carboxylic acids is 1. The molecule has 0 amide bonds. The topological polar surface area (TPSA) is 64.9 Å². The average molecular weight is 137 g/mol. The van der Waals surface area contributed by atoms with Gasteiger partial charge >= 0.3 is 0 Å². The maximum absolute atomic E-state index is 10.6. The number of hydrogen-bond donors (Lipinski definition) is 2. The van der Waals surface area contributed by atoms with Crippen LogP contribution in [-0.2, 0) is 4.79 Å². The van der Waals surface area contributed by atoms with Crippen LogP contribution in [0.25, 0.3) is 0 Å². The van der Waals surface area contributed by atoms with E-state index in [1.54, 1.807) is 0 Å². The maximum atomic E-state index is 10.6. The highest BCUT2D eigenvalue weighted by molar-refractivity contribution is 5.82. The third-order valence-electron chi connectivity index (χ3n) is 1.22. The summed E-state index contributed by atoms with van der Waals surface area (Å²) in [4.78, 5) is 10.6. The molecule has 4 nitrogen and oxygen atoms in total. The Morgan fingerprint density at radius 3 is 2.90 bits per heavy atom. The van der Waals surface area contributed by atoms with E-state index in [1.165, 1.54) is 13.1 Å². The number of ketones is 1. The Bertz CT molecular complexity index is 226. The zero-order chi connectivity index (χ0) is 7.56. The fraction of sp³-hybridized carbons (Fsp3) is 0.333. The van der Waals surface area contributed by atoms with Crippen molar-refractivity contribution < 1.29 is 4.79 Å². The van der Waals surface area contributed by atoms with Crippen molar-refractivity contribution in [1.29, 1.82) is 5.26 Å². The highest BCUT2D eigenvalue weighted by Crippen LogP contribution is 1.96. The molecule has 0 saturated heterocycles. The van der Waals surface area contributed by atoms with Gasteiger partial charge in [0.2, 0.25) is 0 Å². The van der Waals surface area contributed by atoms with Gasteiger partial charge in [0.1, 0.15) is 11.8 Å². The zero-order valence-corrected chi connectivity index (χ0v) is 5.51. The Hall–Kier alpha value is -1.50. The van der Waals surface area contributed by atoms with E-state index >= 15 is 0 Å². The summed E-state index contributed by atoms with van der Waals surface area (Å²) in [6, 6.07) is 1.88. The molecule has 52 valence electrons. The minimum Gasteiger partial charge on any atom is -0.363 e. The summed E-state index contributed by atoms with van der Waals surface area (Å²) in [5, 5.41) is 13.7. The average Bonchev–Trinajstić information content (AvgIpc) is 2.34. The van der Waals surface area contributed by atoms with Crippen LogP contribution in [0.15, 0.2) is 11.9 Å². The summed E-state index contributed by atoms with van der Waals surface area (Å²) in [6.07, 6.45) is 1.08. The largest absolute Gasteiger partial charge is 0.363 e. The van der Waals surface area contributed by atoms with Crippen molar-refractivity contribution in [3.63, 3.8) is 0 Å². The molecule has 1 unspecified atom stereocenters. The molecule has 0 aromatic rings. The predicted octanol–water partition coefficient (Wildman–Crippen LogP) is -0.541. The van der Waals surface area contributed by atoms with Gasteiger partial charge in [0, 0.05) is 6.20 Å². The number of nitrogens with one attached hydrogen (secondary N) is 2. The molecule has 0 aliphatic carbocycles. The molecule has 0 bridgehead atoms. The quantitative estimate of drug-likeness (QED) is 0.509. The van der Waals surface area contributed by atoms with Crippen molar-refractivity contribution in [2.24, 2.45) is 0 Å². The van der Waals surface area contributed by atoms with Crippen LogP contribution in [0, 0.1) is 11.3 Å². The summed E-state index contributed by atoms with van der Waals surface area (Å²) >= 11 is 0. The first-order valence-electron chi connectivity index (χ1n) is 2.87. The molecule has 0 aromatic carbocycles. The molecular weight excluding hydrogens is 130 g/mol. The maximum Gasteiger partial charge on any atom is 0.172 e. The lowest BCUT2D eigenvalue weighted by atomic mass is 10.3. The molecule has 4 heteroatoms. The van der Waals surface area contributed by atoms with Gasteiger partial charge < -0.3 is 10.6 Å². The highest BCUT2D eigenvalue weighted by Gasteiger charge is 2.17. The van der Waals surface area contributed by atoms with Crippen molar-refractivity contribution in [3.05, 3.63) is 11.9 Å². The monoisotopic (exact) mass is 137 g/mol. The summed E-state index contributed by atoms with van der Waals surface area (Å²) in [7, 11) is 0. The Balaban J connectivity index is 2.54. The lowest BCUT2D eigenvalue weighted by Crippen LogP contribution is -2.38. The normalized spacial score (nSPS) is 22.0. The number of allylic oxidation sites excluding steroid dienone is 1. The van der Waals surface area contributed by atoms with Crippen LogP contribution in [0.2, 0.25) is 0 Å². The number of carbonyl (C=O) groups is 1. The lowest BCUT2D eigenvalue weighted by Gasteiger charge is -2.06. The number of rotatable bonds is 1. The second-order valence-corrected chi connectivity index (χ2v) is 2.02. The molecule has 10 heavy (non-hydrogen) atoms. The Morgan fingerprint density at radius 1 is 1.90 bits per heavy atom. The molecule has 1 rings (SSSR count). The molecule has 0 saturated carbocycles. The van der Waals surface area contributed by atoms with Crippen LogP contribution in [0.3, 0.4) is 0 Å². The fourth-order valence-corrected chi connectivity index (χ4v) is 0.689. The van der Waals surface area contributed by atoms with Gasteiger partial charge in [0.15, 0.2) is 11.9 Å². The highest BCUT2D eigenvalue weighted by atomic mass is 16.1. The summed E-state index contributed by atoms with van der Waals surface area (Å²) in [5.41, 5.74) is 0.403. The second-order valence-electron chi connectivity index (χ2n) is 2.02. The van der Waals surface area contributed by atoms with E-state index in [0.717, 1.165) is 0 Å². The van der Waals surface area contributed by atoms with Gasteiger partial charge in [-0.3, -0.25) is 4.79 Å². The minimum absolute atomic E-state index is 0.0264. The summed E-state index contributed by atoms with van der Waals surface area (Å²) < 4.78 is 0. The van der Waals surface area contributed by atoms with Gasteiger partial charge in [-0.25, -0.2) is 0 Å². The van der Waals surface area contributed by atoms with E-state index in [-0.39, 0.29) is 5.78 Å². The molecular formula is C6H7N3O. The Kier molecular flexibility index (Phi) is 1.59. The molecule has 1 aliphatic rings. The third-order valence-corrected chi connectivity index (χ3v) is 1.22. The molecule has 0 aromatic heterocycles. The van der Waals surface area contributed by atoms with Gasteiger partial charge in [0.25, 0.3) is 0 Å². The molecule has 2 N–H and O–H groups in total. The molecule has 1 aliphatic heterocycles. The van der Waals surface area contributed by atoms with Gasteiger partial charge in [-0.05, 0) is 6.92 Å². The smallest absolute Gasteiger partial charge is 0.172 e. The second kappa shape index (κ2) is 2.40. The van der Waals surface area contributed by atoms with E-state index in [2.05, 4.69) is 10.6 Å². The van der Waals surface area contributed by atoms with Crippen LogP contribution >= 0.6 is 0 Å². The van der Waals surface area contributed by atoms with Gasteiger partial charge in [-0.2, -0.15) is 5.26 Å². The van der Waals surface area contributed by atoms with E-state index in [0.29, 0.717) is 5.70 Å². The summed E-state index contributed by atoms with van der Waals surface area (Å²) in [5.74, 6) is -0.0264. The minimum atomic E-state index is -0.408. The van der Waals surface area contributed by atoms with Gasteiger partial charge in [-0.1, -0.05) is 0 Å². The molecule has 0 radical (unpaired) electrons. The zero-order valence-electron chi connectivity index (χ0n) is 5.51. The first-order valence-corrected chi connectivity index (χ1v) is 2.87. The van der Waals surface area contributed by atoms with Gasteiger partial charge in [-0.15, -0.1) is 0 Å². The molecule has 1 heterocycles. The number of nitrogens with zero attached hydrogens (tertiary/aromatic N) is 1. The number of nitriles is 1. The lowest BCUT2D eigenvalue weighted by molar-refractivity contribution is -0.119. The van der Waals surface area contributed by atoms with Crippen LogP contribution in [0.5, 0.6) is 0 Å². The van der Waals surface area contributed by atoms with Crippen molar-refractivity contribution in [1.82, 2.24) is 10.6 Å². The SMILES string of the molecule is CC(=O)C1NC=C(C#N)N1. The predicted molar refractivity (Wildman–Crippen MR) is 34.4 cm³/mol. The molecule has 0 fully saturated rings. The van der Waals surface area contributed by atoms with Crippen LogP contribution in [-0.4, -0.2) is 11.9 Å². The fourth-order valence-electron chi connectivity index (χ4n) is 0.689. The molecule has 0 spiro atoms. The standard InChI is InChI=1S/C6H7N3O/c1-4(10)6-8-3-5(2-7)9-6/h3,6,8-9H,1H3. The van der Waals surface area contributed by atoms with E-state index in [4.69, 9.17) is 5.26 Å². The van der Waals surface area contributed by atoms with Gasteiger partial charge in [0.05, 0.1) is 0 Å². The summed E-state index contributed by atoms with van der Waals surface area (Å²) in [6.45, 7) is 1.46. The van der Waals surface area contributed by atoms with Crippen molar-refractivity contribution in [2.45, 2.75) is 13.1 Å². The first kappa shape index (κ1) is 6.62. The van der Waals surface area contributed by atoms with Crippen LogP contribution in [0.1, 0.15) is 6.92 Å². The number of Topliss-reactive ketones (excluding diaryl/α,β-unsaturated/α-hetero) is 1. The first-order chi connectivity index (χ1) is 4.74. The van der Waals surface area contributed by atoms with Crippen molar-refractivity contribution in [2.75, 3.05) is 0 Å². The van der Waals surface area contributed by atoms with Crippen LogP contribution in [0.4, 0.5) is 0 Å². The van der Waals surface area contributed by atoms with Crippen molar-refractivity contribution >= 4 is 5.78 Å².